The average molecular weight is 497 g/mol. The molecule has 3 aromatic rings. The van der Waals surface area contributed by atoms with Crippen molar-refractivity contribution in [1.82, 2.24) is 19.3 Å². The number of aromatic nitrogens is 1. The molecule has 1 aromatic heterocycles. The van der Waals surface area contributed by atoms with Crippen LogP contribution in [0.4, 0.5) is 0 Å². The number of amides is 2. The summed E-state index contributed by atoms with van der Waals surface area (Å²) in [4.78, 5) is 24.1. The van der Waals surface area contributed by atoms with E-state index in [1.54, 1.807) is 29.8 Å². The third-order valence-electron chi connectivity index (χ3n) is 4.86. The van der Waals surface area contributed by atoms with Gasteiger partial charge < -0.3 is 9.88 Å². The number of nitrogens with zero attached hydrogens (tertiary/aromatic N) is 1. The van der Waals surface area contributed by atoms with Crippen LogP contribution in [0.25, 0.3) is 10.9 Å². The number of rotatable bonds is 8. The molecule has 0 fully saturated rings. The van der Waals surface area contributed by atoms with Gasteiger partial charge in [-0.15, -0.1) is 0 Å². The summed E-state index contributed by atoms with van der Waals surface area (Å²) in [7, 11) is -2.22. The third-order valence-corrected chi connectivity index (χ3v) is 6.82. The maximum absolute atomic E-state index is 13.1. The van der Waals surface area contributed by atoms with Gasteiger partial charge in [0.05, 0.1) is 16.1 Å². The van der Waals surface area contributed by atoms with Gasteiger partial charge in [0.15, 0.2) is 0 Å². The van der Waals surface area contributed by atoms with Crippen molar-refractivity contribution in [2.45, 2.75) is 19.4 Å². The van der Waals surface area contributed by atoms with Crippen LogP contribution in [0, 0.1) is 0 Å². The molecule has 1 unspecified atom stereocenters. The van der Waals surface area contributed by atoms with Gasteiger partial charge in [-0.05, 0) is 30.2 Å². The lowest BCUT2D eigenvalue weighted by Crippen LogP contribution is -2.40. The van der Waals surface area contributed by atoms with Crippen LogP contribution >= 0.6 is 23.2 Å². The number of carbonyl (C=O) groups excluding carboxylic acids is 2. The van der Waals surface area contributed by atoms with Gasteiger partial charge in [-0.2, -0.15) is 13.1 Å². The Balaban J connectivity index is 1.82. The molecule has 0 aliphatic rings. The van der Waals surface area contributed by atoms with E-state index in [4.69, 9.17) is 23.2 Å². The fourth-order valence-corrected chi connectivity index (χ4v) is 4.59. The number of nitrogens with one attached hydrogen (secondary N) is 3. The van der Waals surface area contributed by atoms with Crippen molar-refractivity contribution in [2.75, 3.05) is 6.54 Å². The van der Waals surface area contributed by atoms with Crippen molar-refractivity contribution in [2.24, 2.45) is 7.05 Å². The first kappa shape index (κ1) is 24.1. The Kier molecular flexibility index (Phi) is 7.45. The zero-order chi connectivity index (χ0) is 23.5. The van der Waals surface area contributed by atoms with Gasteiger partial charge in [0.1, 0.15) is 5.69 Å². The van der Waals surface area contributed by atoms with Crippen molar-refractivity contribution in [3.63, 3.8) is 0 Å². The highest BCUT2D eigenvalue weighted by Crippen LogP contribution is 2.32. The van der Waals surface area contributed by atoms with E-state index in [-0.39, 0.29) is 18.9 Å². The van der Waals surface area contributed by atoms with Gasteiger partial charge >= 0.3 is 10.2 Å². The molecular weight excluding hydrogens is 475 g/mol. The van der Waals surface area contributed by atoms with Crippen LogP contribution in [0.5, 0.6) is 0 Å². The first-order chi connectivity index (χ1) is 15.1. The Morgan fingerprint density at radius 2 is 1.78 bits per heavy atom. The molecule has 1 atom stereocenters. The second-order valence-electron chi connectivity index (χ2n) is 7.16. The second kappa shape index (κ2) is 9.91. The largest absolute Gasteiger partial charge is 0.344 e. The molecule has 170 valence electrons. The van der Waals surface area contributed by atoms with Gasteiger partial charge in [-0.25, -0.2) is 4.72 Å². The first-order valence-corrected chi connectivity index (χ1v) is 11.9. The predicted molar refractivity (Wildman–Crippen MR) is 125 cm³/mol. The lowest BCUT2D eigenvalue weighted by atomic mass is 10.0. The van der Waals surface area contributed by atoms with E-state index in [1.807, 2.05) is 35.1 Å². The van der Waals surface area contributed by atoms with E-state index in [9.17, 15) is 18.0 Å². The summed E-state index contributed by atoms with van der Waals surface area (Å²) in [5.74, 6) is -1.05. The van der Waals surface area contributed by atoms with E-state index >= 15 is 0 Å². The summed E-state index contributed by atoms with van der Waals surface area (Å²) in [5, 5.41) is 4.37. The van der Waals surface area contributed by atoms with E-state index in [0.717, 1.165) is 18.0 Å². The van der Waals surface area contributed by atoms with Gasteiger partial charge in [0, 0.05) is 31.4 Å². The predicted octanol–water partition coefficient (Wildman–Crippen LogP) is 3.32. The molecule has 8 nitrogen and oxygen atoms in total. The van der Waals surface area contributed by atoms with Gasteiger partial charge in [0.2, 0.25) is 5.91 Å². The number of fused-ring (bicyclic) bond motifs is 1. The Hall–Kier alpha value is -2.59. The standard InChI is InChI=1S/C21H22Cl2N4O4S/c1-13(28)26-32(30,31)24-11-10-17(14-6-4-3-5-7-14)25-21(29)19-12-15-18(27(19)2)9-8-16(22)20(15)23/h3-9,12,17,24H,10-11H2,1-2H3,(H,25,29)(H,26,28). The smallest absolute Gasteiger partial charge is 0.301 e. The number of aryl methyl sites for hydroxylation is 1. The summed E-state index contributed by atoms with van der Waals surface area (Å²) < 4.78 is 29.6. The maximum atomic E-state index is 13.1. The molecule has 3 N–H and O–H groups in total. The summed E-state index contributed by atoms with van der Waals surface area (Å²) in [6.07, 6.45) is 0.255. The second-order valence-corrected chi connectivity index (χ2v) is 9.45. The number of halogens is 2. The monoisotopic (exact) mass is 496 g/mol. The molecule has 3 rings (SSSR count). The molecule has 11 heteroatoms. The average Bonchev–Trinajstić information content (AvgIpc) is 3.07. The zero-order valence-corrected chi connectivity index (χ0v) is 19.7. The van der Waals surface area contributed by atoms with Crippen LogP contribution in [0.15, 0.2) is 48.5 Å². The quantitative estimate of drug-likeness (QED) is 0.444. The first-order valence-electron chi connectivity index (χ1n) is 9.66. The third kappa shape index (κ3) is 5.60. The van der Waals surface area contributed by atoms with Crippen molar-refractivity contribution in [3.8, 4) is 0 Å². The minimum Gasteiger partial charge on any atom is -0.344 e. The molecule has 0 aliphatic heterocycles. The SMILES string of the molecule is CC(=O)NS(=O)(=O)NCCC(NC(=O)c1cc2c(Cl)c(Cl)ccc2n1C)c1ccccc1. The van der Waals surface area contributed by atoms with Crippen molar-refractivity contribution >= 4 is 56.1 Å². The van der Waals surface area contributed by atoms with E-state index in [0.29, 0.717) is 21.1 Å². The number of hydrogen-bond acceptors (Lipinski definition) is 4. The molecule has 2 aromatic carbocycles. The molecule has 0 aliphatic carbocycles. The molecule has 2 amide bonds. The van der Waals surface area contributed by atoms with Gasteiger partial charge in [0.25, 0.3) is 5.91 Å². The highest BCUT2D eigenvalue weighted by molar-refractivity contribution is 7.88. The zero-order valence-electron chi connectivity index (χ0n) is 17.4. The molecule has 32 heavy (non-hydrogen) atoms. The molecule has 0 radical (unpaired) electrons. The lowest BCUT2D eigenvalue weighted by molar-refractivity contribution is -0.117. The molecular formula is C21H22Cl2N4O4S. The molecule has 0 saturated carbocycles. The Morgan fingerprint density at radius 1 is 1.09 bits per heavy atom. The topological polar surface area (TPSA) is 109 Å². The van der Waals surface area contributed by atoms with Crippen LogP contribution in [0.2, 0.25) is 10.0 Å². The van der Waals surface area contributed by atoms with Crippen molar-refractivity contribution in [1.29, 1.82) is 0 Å². The van der Waals surface area contributed by atoms with Crippen molar-refractivity contribution < 1.29 is 18.0 Å². The molecule has 0 spiro atoms. The Labute approximate surface area is 196 Å². The van der Waals surface area contributed by atoms with Gasteiger partial charge in [-0.1, -0.05) is 53.5 Å². The van der Waals surface area contributed by atoms with E-state index < -0.39 is 22.2 Å². The lowest BCUT2D eigenvalue weighted by Gasteiger charge is -2.20. The van der Waals surface area contributed by atoms with Crippen LogP contribution < -0.4 is 14.8 Å². The summed E-state index contributed by atoms with van der Waals surface area (Å²) in [6.45, 7) is 1.11. The van der Waals surface area contributed by atoms with Crippen LogP contribution in [0.1, 0.15) is 35.4 Å². The van der Waals surface area contributed by atoms with Crippen molar-refractivity contribution in [3.05, 3.63) is 69.8 Å². The molecule has 1 heterocycles. The number of carbonyl (C=O) groups is 2. The number of hydrogen-bond donors (Lipinski definition) is 3. The highest BCUT2D eigenvalue weighted by Gasteiger charge is 2.21. The molecule has 0 bridgehead atoms. The van der Waals surface area contributed by atoms with E-state index in [2.05, 4.69) is 10.0 Å². The van der Waals surface area contributed by atoms with Crippen LogP contribution in [-0.4, -0.2) is 31.3 Å². The minimum atomic E-state index is -3.97. The normalized spacial score (nSPS) is 12.5. The summed E-state index contributed by atoms with van der Waals surface area (Å²) in [5.41, 5.74) is 1.94. The maximum Gasteiger partial charge on any atom is 0.301 e. The van der Waals surface area contributed by atoms with Crippen LogP contribution in [-0.2, 0) is 22.1 Å². The summed E-state index contributed by atoms with van der Waals surface area (Å²) in [6, 6.07) is 13.8. The Bertz CT molecular complexity index is 1260. The highest BCUT2D eigenvalue weighted by atomic mass is 35.5. The number of benzene rings is 2. The minimum absolute atomic E-state index is 0.000989. The van der Waals surface area contributed by atoms with Crippen LogP contribution in [0.3, 0.4) is 0 Å². The summed E-state index contributed by atoms with van der Waals surface area (Å²) >= 11 is 12.4. The van der Waals surface area contributed by atoms with Gasteiger partial charge in [-0.3, -0.25) is 9.59 Å². The fourth-order valence-electron chi connectivity index (χ4n) is 3.37. The fraction of sp³-hybridized carbons (Fsp3) is 0.238. The van der Waals surface area contributed by atoms with E-state index in [1.165, 1.54) is 0 Å². The molecule has 0 saturated heterocycles. The Morgan fingerprint density at radius 3 is 2.44 bits per heavy atom.